The fraction of sp³-hybridized carbons (Fsp3) is 0.615. The number of morpholine rings is 1. The molecule has 0 saturated carbocycles. The number of amidine groups is 1. The van der Waals surface area contributed by atoms with Crippen molar-refractivity contribution in [3.05, 3.63) is 35.1 Å². The lowest BCUT2D eigenvalue weighted by atomic mass is 9.82. The van der Waals surface area contributed by atoms with Crippen molar-refractivity contribution < 1.29 is 28.6 Å². The third kappa shape index (κ3) is 6.60. The molecule has 0 aliphatic carbocycles. The number of piperidine rings is 1. The van der Waals surface area contributed by atoms with Gasteiger partial charge in [-0.05, 0) is 51.2 Å². The number of carbonyl (C=O) groups excluding carboxylic acids is 2. The number of carboxylic acids is 1. The monoisotopic (exact) mass is 504 g/mol. The molecular formula is C26H37FN4O5. The van der Waals surface area contributed by atoms with Crippen molar-refractivity contribution >= 4 is 23.6 Å². The van der Waals surface area contributed by atoms with E-state index in [1.54, 1.807) is 24.8 Å². The molecular weight excluding hydrogens is 467 g/mol. The average Bonchev–Trinajstić information content (AvgIpc) is 2.84. The van der Waals surface area contributed by atoms with Gasteiger partial charge < -0.3 is 25.0 Å². The number of amides is 2. The minimum absolute atomic E-state index is 0.0648. The summed E-state index contributed by atoms with van der Waals surface area (Å²) in [5.74, 6) is -2.52. The molecule has 2 fully saturated rings. The predicted octanol–water partition coefficient (Wildman–Crippen LogP) is 2.73. The van der Waals surface area contributed by atoms with Crippen molar-refractivity contribution in [2.75, 3.05) is 39.4 Å². The molecule has 1 unspecified atom stereocenters. The summed E-state index contributed by atoms with van der Waals surface area (Å²) < 4.78 is 20.2. The zero-order chi connectivity index (χ0) is 26.5. The summed E-state index contributed by atoms with van der Waals surface area (Å²) in [4.78, 5) is 40.8. The Morgan fingerprint density at radius 2 is 1.81 bits per heavy atom. The van der Waals surface area contributed by atoms with Crippen molar-refractivity contribution in [3.8, 4) is 0 Å². The lowest BCUT2D eigenvalue weighted by molar-refractivity contribution is -0.140. The highest BCUT2D eigenvalue weighted by Gasteiger charge is 2.39. The van der Waals surface area contributed by atoms with E-state index < -0.39 is 29.2 Å². The highest BCUT2D eigenvalue weighted by Crippen LogP contribution is 2.28. The summed E-state index contributed by atoms with van der Waals surface area (Å²) in [5.41, 5.74) is -0.691. The van der Waals surface area contributed by atoms with E-state index in [1.165, 1.54) is 12.1 Å². The molecule has 2 aliphatic heterocycles. The van der Waals surface area contributed by atoms with Crippen molar-refractivity contribution in [2.24, 2.45) is 11.8 Å². The molecule has 0 spiro atoms. The Morgan fingerprint density at radius 1 is 1.17 bits per heavy atom. The first kappa shape index (κ1) is 27.6. The van der Waals surface area contributed by atoms with Gasteiger partial charge in [0.25, 0.3) is 5.91 Å². The normalized spacial score (nSPS) is 18.0. The smallest absolute Gasteiger partial charge is 0.303 e. The maximum atomic E-state index is 14.9. The number of aliphatic carboxylic acids is 1. The van der Waals surface area contributed by atoms with E-state index in [0.29, 0.717) is 64.2 Å². The van der Waals surface area contributed by atoms with Crippen LogP contribution >= 0.6 is 0 Å². The van der Waals surface area contributed by atoms with Gasteiger partial charge in [-0.15, -0.1) is 0 Å². The van der Waals surface area contributed by atoms with Gasteiger partial charge in [0.15, 0.2) is 0 Å². The maximum absolute atomic E-state index is 14.9. The van der Waals surface area contributed by atoms with Crippen LogP contribution in [0.3, 0.4) is 0 Å². The molecule has 3 rings (SSSR count). The van der Waals surface area contributed by atoms with Crippen LogP contribution in [0, 0.1) is 23.1 Å². The van der Waals surface area contributed by atoms with Crippen molar-refractivity contribution in [1.29, 1.82) is 5.41 Å². The van der Waals surface area contributed by atoms with Gasteiger partial charge in [0.1, 0.15) is 11.7 Å². The van der Waals surface area contributed by atoms with Crippen molar-refractivity contribution in [1.82, 2.24) is 15.1 Å². The van der Waals surface area contributed by atoms with Crippen LogP contribution < -0.4 is 5.32 Å². The quantitative estimate of drug-likeness (QED) is 0.370. The first-order valence-corrected chi connectivity index (χ1v) is 12.6. The van der Waals surface area contributed by atoms with Crippen LogP contribution in [-0.2, 0) is 14.3 Å². The zero-order valence-corrected chi connectivity index (χ0v) is 21.3. The van der Waals surface area contributed by atoms with Crippen LogP contribution in [0.2, 0.25) is 0 Å². The molecule has 0 bridgehead atoms. The maximum Gasteiger partial charge on any atom is 0.303 e. The largest absolute Gasteiger partial charge is 0.481 e. The molecule has 3 N–H and O–H groups in total. The number of nitrogens with one attached hydrogen (secondary N) is 2. The summed E-state index contributed by atoms with van der Waals surface area (Å²) in [6.45, 7) is 8.51. The Balaban J connectivity index is 1.65. The Hall–Kier alpha value is -3.01. The van der Waals surface area contributed by atoms with Gasteiger partial charge in [-0.1, -0.05) is 13.0 Å². The Bertz CT molecular complexity index is 985. The molecule has 1 aromatic carbocycles. The highest BCUT2D eigenvalue weighted by atomic mass is 19.1. The second-order valence-corrected chi connectivity index (χ2v) is 10.1. The van der Waals surface area contributed by atoms with E-state index in [2.05, 4.69) is 5.32 Å². The van der Waals surface area contributed by atoms with Crippen LogP contribution in [0.4, 0.5) is 4.39 Å². The molecule has 2 saturated heterocycles. The lowest BCUT2D eigenvalue weighted by Gasteiger charge is -2.39. The fourth-order valence-corrected chi connectivity index (χ4v) is 5.08. The van der Waals surface area contributed by atoms with Crippen molar-refractivity contribution in [3.63, 3.8) is 0 Å². The summed E-state index contributed by atoms with van der Waals surface area (Å²) in [6.07, 6.45) is 1.87. The number of carbonyl (C=O) groups is 3. The first-order valence-electron chi connectivity index (χ1n) is 12.6. The molecule has 0 radical (unpaired) electrons. The minimum Gasteiger partial charge on any atom is -0.481 e. The van der Waals surface area contributed by atoms with E-state index in [0.717, 1.165) is 0 Å². The van der Waals surface area contributed by atoms with E-state index in [-0.39, 0.29) is 29.6 Å². The minimum atomic E-state index is -0.938. The summed E-state index contributed by atoms with van der Waals surface area (Å²) in [6, 6.07) is 4.14. The number of halogens is 1. The second-order valence-electron chi connectivity index (χ2n) is 10.1. The lowest BCUT2D eigenvalue weighted by Crippen LogP contribution is -2.55. The van der Waals surface area contributed by atoms with Gasteiger partial charge >= 0.3 is 5.97 Å². The third-order valence-corrected chi connectivity index (χ3v) is 7.22. The summed E-state index contributed by atoms with van der Waals surface area (Å²) in [5, 5.41) is 20.2. The Morgan fingerprint density at radius 3 is 2.36 bits per heavy atom. The molecule has 1 aromatic rings. The number of hydrogen-bond donors (Lipinski definition) is 3. The summed E-state index contributed by atoms with van der Waals surface area (Å²) >= 11 is 0. The second kappa shape index (κ2) is 11.8. The van der Waals surface area contributed by atoms with Crippen LogP contribution in [0.1, 0.15) is 62.4 Å². The molecule has 9 nitrogen and oxygen atoms in total. The number of likely N-dealkylation sites (tertiary alicyclic amines) is 1. The van der Waals surface area contributed by atoms with E-state index in [4.69, 9.17) is 15.3 Å². The van der Waals surface area contributed by atoms with Crippen LogP contribution in [-0.4, -0.2) is 83.5 Å². The van der Waals surface area contributed by atoms with Gasteiger partial charge in [0, 0.05) is 43.7 Å². The first-order chi connectivity index (χ1) is 17.0. The number of hydrogen-bond acceptors (Lipinski definition) is 5. The van der Waals surface area contributed by atoms with Gasteiger partial charge in [-0.25, -0.2) is 4.39 Å². The van der Waals surface area contributed by atoms with E-state index in [9.17, 15) is 18.8 Å². The highest BCUT2D eigenvalue weighted by molar-refractivity contribution is 5.99. The number of rotatable bonds is 8. The number of ether oxygens (including phenoxy) is 1. The molecule has 2 amide bonds. The third-order valence-electron chi connectivity index (χ3n) is 7.22. The van der Waals surface area contributed by atoms with E-state index in [1.807, 2.05) is 11.8 Å². The average molecular weight is 505 g/mol. The standard InChI is InChI=1S/C26H37FN4O5/c1-4-20(25(35)31-9-7-17(8-10-31)15-22(32)33)26(2,3)29-24(34)19-6-5-18(16-21(19)27)23(28)30-11-13-36-14-12-30/h5-6,16-17,20,28H,4,7-15H2,1-3H3,(H,29,34)(H,32,33). The van der Waals surface area contributed by atoms with Gasteiger partial charge in [-0.2, -0.15) is 0 Å². The Kier molecular flexibility index (Phi) is 9.05. The zero-order valence-electron chi connectivity index (χ0n) is 21.3. The van der Waals surface area contributed by atoms with Gasteiger partial charge in [0.2, 0.25) is 5.91 Å². The molecule has 198 valence electrons. The number of nitrogens with zero attached hydrogens (tertiary/aromatic N) is 2. The predicted molar refractivity (Wildman–Crippen MR) is 133 cm³/mol. The number of benzene rings is 1. The summed E-state index contributed by atoms with van der Waals surface area (Å²) in [7, 11) is 0. The SMILES string of the molecule is CCC(C(=O)N1CCC(CC(=O)O)CC1)C(C)(C)NC(=O)c1ccc(C(=N)N2CCOCC2)cc1F. The molecule has 2 aliphatic rings. The van der Waals surface area contributed by atoms with Crippen LogP contribution in [0.15, 0.2) is 18.2 Å². The van der Waals surface area contributed by atoms with Crippen molar-refractivity contribution in [2.45, 2.75) is 52.0 Å². The molecule has 0 aromatic heterocycles. The van der Waals surface area contributed by atoms with Crippen LogP contribution in [0.5, 0.6) is 0 Å². The fourth-order valence-electron chi connectivity index (χ4n) is 5.08. The topological polar surface area (TPSA) is 123 Å². The van der Waals surface area contributed by atoms with Gasteiger partial charge in [-0.3, -0.25) is 19.8 Å². The van der Waals surface area contributed by atoms with Crippen LogP contribution in [0.25, 0.3) is 0 Å². The molecule has 36 heavy (non-hydrogen) atoms. The van der Waals surface area contributed by atoms with E-state index >= 15 is 0 Å². The molecule has 10 heteroatoms. The van der Waals surface area contributed by atoms with Gasteiger partial charge in [0.05, 0.1) is 24.7 Å². The Labute approximate surface area is 211 Å². The number of carboxylic acid groups (broad SMARTS) is 1. The molecule has 1 atom stereocenters. The molecule has 2 heterocycles.